The van der Waals surface area contributed by atoms with Gasteiger partial charge in [0.05, 0.1) is 11.0 Å². The molecule has 0 saturated carbocycles. The van der Waals surface area contributed by atoms with Gasteiger partial charge in [0.1, 0.15) is 5.82 Å². The molecule has 2 aromatic rings. The number of ether oxygens (including phenoxy) is 1. The molecule has 0 amide bonds. The second-order valence-electron chi connectivity index (χ2n) is 5.92. The van der Waals surface area contributed by atoms with Crippen molar-refractivity contribution in [3.63, 3.8) is 0 Å². The molecule has 1 aliphatic rings. The Morgan fingerprint density at radius 1 is 1.37 bits per heavy atom. The van der Waals surface area contributed by atoms with Crippen LogP contribution in [0.2, 0.25) is 0 Å². The van der Waals surface area contributed by atoms with E-state index in [-0.39, 0.29) is 0 Å². The number of fused-ring (bicyclic) bond motifs is 1. The van der Waals surface area contributed by atoms with Crippen LogP contribution in [0.5, 0.6) is 0 Å². The van der Waals surface area contributed by atoms with Crippen LogP contribution >= 0.6 is 0 Å². The highest BCUT2D eigenvalue weighted by molar-refractivity contribution is 5.79. The molecule has 19 heavy (non-hydrogen) atoms. The lowest BCUT2D eigenvalue weighted by molar-refractivity contribution is 0.0158. The molecule has 0 aliphatic carbocycles. The van der Waals surface area contributed by atoms with Crippen LogP contribution in [0.1, 0.15) is 25.6 Å². The predicted octanol–water partition coefficient (Wildman–Crippen LogP) is 2.74. The number of imidazole rings is 1. The Morgan fingerprint density at radius 2 is 2.11 bits per heavy atom. The number of hydrogen-bond acceptors (Lipinski definition) is 3. The lowest BCUT2D eigenvalue weighted by atomic mass is 9.82. The summed E-state index contributed by atoms with van der Waals surface area (Å²) in [5.41, 5.74) is 9.08. The van der Waals surface area contributed by atoms with E-state index >= 15 is 0 Å². The van der Waals surface area contributed by atoms with E-state index in [4.69, 9.17) is 10.5 Å². The lowest BCUT2D eigenvalue weighted by Gasteiger charge is -2.34. The molecule has 0 atom stereocenters. The minimum atomic E-state index is 0.304. The van der Waals surface area contributed by atoms with Gasteiger partial charge in [-0.05, 0) is 43.4 Å². The number of anilines is 1. The molecule has 1 aromatic carbocycles. The molecule has 2 N–H and O–H groups in total. The number of hydrogen-bond donors (Lipinski definition) is 1. The van der Waals surface area contributed by atoms with Gasteiger partial charge >= 0.3 is 0 Å². The van der Waals surface area contributed by atoms with E-state index in [9.17, 15) is 0 Å². The van der Waals surface area contributed by atoms with E-state index < -0.39 is 0 Å². The fraction of sp³-hybridized carbons (Fsp3) is 0.533. The molecule has 4 heteroatoms. The first-order valence-electron chi connectivity index (χ1n) is 6.88. The third-order valence-corrected chi connectivity index (χ3v) is 4.20. The molecule has 1 aromatic heterocycles. The summed E-state index contributed by atoms with van der Waals surface area (Å²) in [7, 11) is 0. The molecule has 1 fully saturated rings. The summed E-state index contributed by atoms with van der Waals surface area (Å²) in [6, 6.07) is 5.98. The van der Waals surface area contributed by atoms with Gasteiger partial charge in [0, 0.05) is 25.4 Å². The van der Waals surface area contributed by atoms with Gasteiger partial charge < -0.3 is 15.0 Å². The first kappa shape index (κ1) is 12.5. The van der Waals surface area contributed by atoms with Gasteiger partial charge in [0.15, 0.2) is 0 Å². The quantitative estimate of drug-likeness (QED) is 0.844. The largest absolute Gasteiger partial charge is 0.399 e. The number of nitrogen functional groups attached to an aromatic ring is 1. The van der Waals surface area contributed by atoms with Crippen LogP contribution in [-0.2, 0) is 11.3 Å². The standard InChI is InChI=1S/C15H21N3O/c1-11-17-13-9-12(16)3-4-14(13)18(11)10-15(2)5-7-19-8-6-15/h3-4,9H,5-8,10,16H2,1-2H3. The highest BCUT2D eigenvalue weighted by Gasteiger charge is 2.28. The first-order valence-corrected chi connectivity index (χ1v) is 6.88. The maximum Gasteiger partial charge on any atom is 0.106 e. The summed E-state index contributed by atoms with van der Waals surface area (Å²) in [4.78, 5) is 4.62. The van der Waals surface area contributed by atoms with Crippen LogP contribution in [0.3, 0.4) is 0 Å². The average molecular weight is 259 g/mol. The molecule has 4 nitrogen and oxygen atoms in total. The van der Waals surface area contributed by atoms with E-state index in [2.05, 4.69) is 29.5 Å². The summed E-state index contributed by atoms with van der Waals surface area (Å²) in [5.74, 6) is 1.06. The number of nitrogens with zero attached hydrogens (tertiary/aromatic N) is 2. The number of nitrogens with two attached hydrogens (primary N) is 1. The molecule has 1 saturated heterocycles. The van der Waals surface area contributed by atoms with Gasteiger partial charge in [0.2, 0.25) is 0 Å². The summed E-state index contributed by atoms with van der Waals surface area (Å²) in [6.07, 6.45) is 2.22. The Hall–Kier alpha value is -1.55. The van der Waals surface area contributed by atoms with Crippen molar-refractivity contribution < 1.29 is 4.74 Å². The first-order chi connectivity index (χ1) is 9.07. The normalized spacial score (nSPS) is 18.8. The van der Waals surface area contributed by atoms with E-state index in [0.29, 0.717) is 5.41 Å². The van der Waals surface area contributed by atoms with Crippen molar-refractivity contribution >= 4 is 16.7 Å². The van der Waals surface area contributed by atoms with Crippen LogP contribution in [0.4, 0.5) is 5.69 Å². The van der Waals surface area contributed by atoms with Gasteiger partial charge in [-0.1, -0.05) is 6.92 Å². The summed E-state index contributed by atoms with van der Waals surface area (Å²) in [5, 5.41) is 0. The maximum atomic E-state index is 5.83. The minimum Gasteiger partial charge on any atom is -0.399 e. The van der Waals surface area contributed by atoms with Crippen molar-refractivity contribution in [3.8, 4) is 0 Å². The van der Waals surface area contributed by atoms with Crippen molar-refractivity contribution in [1.82, 2.24) is 9.55 Å². The zero-order valence-electron chi connectivity index (χ0n) is 11.6. The van der Waals surface area contributed by atoms with E-state index in [1.54, 1.807) is 0 Å². The van der Waals surface area contributed by atoms with Crippen molar-refractivity contribution in [2.45, 2.75) is 33.2 Å². The van der Waals surface area contributed by atoms with E-state index in [1.165, 1.54) is 5.52 Å². The monoisotopic (exact) mass is 259 g/mol. The highest BCUT2D eigenvalue weighted by atomic mass is 16.5. The van der Waals surface area contributed by atoms with Crippen LogP contribution in [0.15, 0.2) is 18.2 Å². The second-order valence-corrected chi connectivity index (χ2v) is 5.92. The predicted molar refractivity (Wildman–Crippen MR) is 77.0 cm³/mol. The fourth-order valence-corrected chi connectivity index (χ4v) is 2.87. The average Bonchev–Trinajstić information content (AvgIpc) is 2.65. The summed E-state index contributed by atoms with van der Waals surface area (Å²) in [6.45, 7) is 7.16. The van der Waals surface area contributed by atoms with Crippen molar-refractivity contribution in [1.29, 1.82) is 0 Å². The zero-order chi connectivity index (χ0) is 13.5. The van der Waals surface area contributed by atoms with Gasteiger partial charge in [-0.3, -0.25) is 0 Å². The molecular weight excluding hydrogens is 238 g/mol. The molecule has 2 heterocycles. The number of aryl methyl sites for hydroxylation is 1. The zero-order valence-corrected chi connectivity index (χ0v) is 11.6. The molecule has 3 rings (SSSR count). The highest BCUT2D eigenvalue weighted by Crippen LogP contribution is 2.33. The Labute approximate surface area is 113 Å². The van der Waals surface area contributed by atoms with Crippen LogP contribution in [-0.4, -0.2) is 22.8 Å². The molecule has 0 spiro atoms. The maximum absolute atomic E-state index is 5.83. The Bertz CT molecular complexity index is 597. The number of rotatable bonds is 2. The minimum absolute atomic E-state index is 0.304. The Balaban J connectivity index is 1.98. The molecule has 0 radical (unpaired) electrons. The van der Waals surface area contributed by atoms with Gasteiger partial charge in [0.25, 0.3) is 0 Å². The lowest BCUT2D eigenvalue weighted by Crippen LogP contribution is -2.31. The third kappa shape index (κ3) is 2.32. The molecule has 1 aliphatic heterocycles. The SMILES string of the molecule is Cc1nc2cc(N)ccc2n1CC1(C)CCOCC1. The Kier molecular flexibility index (Phi) is 2.97. The number of benzene rings is 1. The third-order valence-electron chi connectivity index (χ3n) is 4.20. The van der Waals surface area contributed by atoms with E-state index in [0.717, 1.165) is 49.6 Å². The molecule has 102 valence electrons. The van der Waals surface area contributed by atoms with Gasteiger partial charge in [-0.15, -0.1) is 0 Å². The summed E-state index contributed by atoms with van der Waals surface area (Å²) >= 11 is 0. The van der Waals surface area contributed by atoms with Crippen molar-refractivity contribution in [2.75, 3.05) is 18.9 Å². The fourth-order valence-electron chi connectivity index (χ4n) is 2.87. The van der Waals surface area contributed by atoms with Gasteiger partial charge in [-0.25, -0.2) is 4.98 Å². The van der Waals surface area contributed by atoms with Gasteiger partial charge in [-0.2, -0.15) is 0 Å². The molecular formula is C15H21N3O. The van der Waals surface area contributed by atoms with E-state index in [1.807, 2.05) is 12.1 Å². The molecule has 0 unspecified atom stereocenters. The smallest absolute Gasteiger partial charge is 0.106 e. The second kappa shape index (κ2) is 4.53. The van der Waals surface area contributed by atoms with Crippen molar-refractivity contribution in [2.24, 2.45) is 5.41 Å². The van der Waals surface area contributed by atoms with Crippen LogP contribution < -0.4 is 5.73 Å². The topological polar surface area (TPSA) is 53.1 Å². The number of aromatic nitrogens is 2. The summed E-state index contributed by atoms with van der Waals surface area (Å²) < 4.78 is 7.80. The van der Waals surface area contributed by atoms with Crippen molar-refractivity contribution in [3.05, 3.63) is 24.0 Å². The molecule has 0 bridgehead atoms. The van der Waals surface area contributed by atoms with Crippen LogP contribution in [0, 0.1) is 12.3 Å². The Morgan fingerprint density at radius 3 is 2.84 bits per heavy atom. The van der Waals surface area contributed by atoms with Crippen LogP contribution in [0.25, 0.3) is 11.0 Å².